The summed E-state index contributed by atoms with van der Waals surface area (Å²) < 4.78 is 138. The summed E-state index contributed by atoms with van der Waals surface area (Å²) in [6.07, 6.45) is -7.16. The normalized spacial score (nSPS) is 12.9. The van der Waals surface area contributed by atoms with Crippen LogP contribution in [0.1, 0.15) is 17.3 Å². The molecule has 4 rings (SSSR count). The summed E-state index contributed by atoms with van der Waals surface area (Å²) in [5.41, 5.74) is 0.755. The van der Waals surface area contributed by atoms with E-state index in [0.29, 0.717) is 0 Å². The van der Waals surface area contributed by atoms with E-state index in [4.69, 9.17) is 0 Å². The van der Waals surface area contributed by atoms with E-state index in [2.05, 4.69) is 72.8 Å². The summed E-state index contributed by atoms with van der Waals surface area (Å²) in [5.74, 6) is -14.7. The highest BCUT2D eigenvalue weighted by molar-refractivity contribution is 8.02. The Morgan fingerprint density at radius 1 is 0.711 bits per heavy atom. The molecule has 4 aromatic rings. The summed E-state index contributed by atoms with van der Waals surface area (Å²) in [6.45, 7) is 1.60. The molecule has 0 aliphatic rings. The van der Waals surface area contributed by atoms with Crippen molar-refractivity contribution >= 4 is 49.9 Å². The molecule has 3 aromatic carbocycles. The molecule has 0 atom stereocenters. The van der Waals surface area contributed by atoms with E-state index in [1.54, 1.807) is 18.7 Å². The zero-order valence-electron chi connectivity index (χ0n) is 22.4. The molecule has 0 amide bonds. The van der Waals surface area contributed by atoms with Gasteiger partial charge in [0.05, 0.1) is 4.21 Å². The van der Waals surface area contributed by atoms with Gasteiger partial charge in [0.1, 0.15) is 10.9 Å². The first-order valence-corrected chi connectivity index (χ1v) is 16.4. The lowest BCUT2D eigenvalue weighted by Gasteiger charge is -2.34. The van der Waals surface area contributed by atoms with Gasteiger partial charge in [-0.15, -0.1) is 0 Å². The maximum Gasteiger partial charge on any atom is 0.460 e. The third kappa shape index (κ3) is 8.06. The van der Waals surface area contributed by atoms with Gasteiger partial charge in [-0.25, -0.2) is 8.42 Å². The first-order chi connectivity index (χ1) is 20.7. The Balaban J connectivity index is 0.000000281. The molecule has 0 unspecified atom stereocenters. The number of hydrogen-bond donors (Lipinski definition) is 0. The van der Waals surface area contributed by atoms with Crippen molar-refractivity contribution in [2.24, 2.45) is 0 Å². The summed E-state index contributed by atoms with van der Waals surface area (Å²) in [6, 6.07) is 33.7. The fraction of sp³-hybridized carbons (Fsp3) is 0.179. The number of hydrogen-bond acceptors (Lipinski definition) is 6. The minimum Gasteiger partial charge on any atom is -0.743 e. The van der Waals surface area contributed by atoms with E-state index < -0.39 is 33.4 Å². The molecular weight excluding hydrogens is 700 g/mol. The Labute approximate surface area is 262 Å². The van der Waals surface area contributed by atoms with Crippen LogP contribution in [0.15, 0.2) is 120 Å². The van der Waals surface area contributed by atoms with E-state index in [9.17, 15) is 57.3 Å². The monoisotopic (exact) mass is 718 g/mol. The van der Waals surface area contributed by atoms with Crippen LogP contribution in [0.5, 0.6) is 0 Å². The summed E-state index contributed by atoms with van der Waals surface area (Å²) in [7, 11) is -7.52. The van der Waals surface area contributed by atoms with Gasteiger partial charge in [0, 0.05) is 16.5 Å². The van der Waals surface area contributed by atoms with Crippen molar-refractivity contribution in [2.75, 3.05) is 0 Å². The van der Waals surface area contributed by atoms with Gasteiger partial charge in [-0.2, -0.15) is 39.5 Å². The number of carbonyl (C=O) groups excluding carboxylic acids is 1. The van der Waals surface area contributed by atoms with Crippen LogP contribution in [0.4, 0.5) is 39.5 Å². The van der Waals surface area contributed by atoms with E-state index in [0.717, 1.165) is 10.5 Å². The van der Waals surface area contributed by atoms with Crippen molar-refractivity contribution < 1.29 is 57.3 Å². The van der Waals surface area contributed by atoms with Crippen molar-refractivity contribution in [2.45, 2.75) is 53.3 Å². The minimum atomic E-state index is -7.43. The third-order valence-electron chi connectivity index (χ3n) is 5.62. The Hall–Kier alpha value is -2.99. The van der Waals surface area contributed by atoms with Crippen LogP contribution in [0.3, 0.4) is 0 Å². The van der Waals surface area contributed by atoms with Crippen molar-refractivity contribution in [3.05, 3.63) is 103 Å². The third-order valence-corrected chi connectivity index (χ3v) is 11.3. The van der Waals surface area contributed by atoms with Crippen LogP contribution < -0.4 is 0 Å². The molecule has 45 heavy (non-hydrogen) atoms. The molecular formula is C28H19F9O4S4. The quantitative estimate of drug-likeness (QED) is 0.0747. The SMILES string of the molecule is CC(=O)c1ccc(Sc2ccc([S+](c3ccccc3)c3ccccc3)s2)cc1.O=S(=O)([O-])C(F)(F)C(F)(F)C(F)(F)C(F)(F)F. The number of rotatable bonds is 9. The molecule has 0 bridgehead atoms. The second-order valence-corrected chi connectivity index (χ2v) is 14.9. The Morgan fingerprint density at radius 3 is 1.58 bits per heavy atom. The van der Waals surface area contributed by atoms with Gasteiger partial charge < -0.3 is 4.55 Å². The van der Waals surface area contributed by atoms with Crippen LogP contribution in [0.25, 0.3) is 0 Å². The topological polar surface area (TPSA) is 74.3 Å². The molecule has 0 spiro atoms. The smallest absolute Gasteiger partial charge is 0.460 e. The Morgan fingerprint density at radius 2 is 1.18 bits per heavy atom. The van der Waals surface area contributed by atoms with Crippen LogP contribution >= 0.6 is 23.1 Å². The van der Waals surface area contributed by atoms with E-state index in [1.165, 1.54) is 18.2 Å². The summed E-state index contributed by atoms with van der Waals surface area (Å²) in [4.78, 5) is 15.3. The molecule has 1 aromatic heterocycles. The van der Waals surface area contributed by atoms with Gasteiger partial charge in [-0.05, 0) is 49.4 Å². The van der Waals surface area contributed by atoms with Crippen molar-refractivity contribution in [1.29, 1.82) is 0 Å². The molecule has 1 heterocycles. The molecule has 4 nitrogen and oxygen atoms in total. The van der Waals surface area contributed by atoms with Crippen molar-refractivity contribution in [1.82, 2.24) is 0 Å². The summed E-state index contributed by atoms with van der Waals surface area (Å²) >= 11 is 3.59. The van der Waals surface area contributed by atoms with Crippen LogP contribution in [0, 0.1) is 0 Å². The van der Waals surface area contributed by atoms with Crippen LogP contribution in [-0.2, 0) is 21.0 Å². The standard InChI is InChI=1S/C24H19OS3.C4HF9O3S/c1-18(25)19-12-14-20(15-13-19)26-23-16-17-24(27-23)28(21-8-4-2-5-9-21)22-10-6-3-7-11-22;5-1(6,3(9,10)11)2(7,8)4(12,13)17(14,15)16/h2-17H,1H3;(H,14,15,16)/q+1;/p-1. The van der Waals surface area contributed by atoms with Gasteiger partial charge in [0.2, 0.25) is 4.21 Å². The summed E-state index contributed by atoms with van der Waals surface area (Å²) in [5, 5.41) is -7.11. The fourth-order valence-electron chi connectivity index (χ4n) is 3.34. The number of Topliss-reactive ketones (excluding diaryl/α,β-unsaturated/α-hetero) is 1. The average Bonchev–Trinajstić information content (AvgIpc) is 3.41. The molecule has 242 valence electrons. The Kier molecular flexibility index (Phi) is 11.2. The molecule has 0 saturated carbocycles. The van der Waals surface area contributed by atoms with Gasteiger partial charge in [0.25, 0.3) is 0 Å². The molecule has 17 heteroatoms. The maximum atomic E-state index is 12.2. The van der Waals surface area contributed by atoms with Gasteiger partial charge in [0.15, 0.2) is 25.7 Å². The maximum absolute atomic E-state index is 12.2. The van der Waals surface area contributed by atoms with E-state index in [1.807, 2.05) is 35.6 Å². The molecule has 0 saturated heterocycles. The molecule has 0 fully saturated rings. The number of halogens is 9. The largest absolute Gasteiger partial charge is 0.743 e. The number of ketones is 1. The lowest BCUT2D eigenvalue weighted by atomic mass is 10.1. The zero-order chi connectivity index (χ0) is 33.8. The predicted octanol–water partition coefficient (Wildman–Crippen LogP) is 9.15. The van der Waals surface area contributed by atoms with Crippen LogP contribution in [-0.4, -0.2) is 42.0 Å². The molecule has 0 radical (unpaired) electrons. The van der Waals surface area contributed by atoms with E-state index in [-0.39, 0.29) is 16.7 Å². The fourth-order valence-corrected chi connectivity index (χ4v) is 8.76. The highest BCUT2D eigenvalue weighted by Gasteiger charge is 2.83. The average molecular weight is 719 g/mol. The second kappa shape index (κ2) is 13.8. The molecule has 0 aliphatic carbocycles. The van der Waals surface area contributed by atoms with Crippen molar-refractivity contribution in [3.63, 3.8) is 0 Å². The predicted molar refractivity (Wildman–Crippen MR) is 151 cm³/mol. The highest BCUT2D eigenvalue weighted by Crippen LogP contribution is 2.54. The van der Waals surface area contributed by atoms with Gasteiger partial charge >= 0.3 is 23.3 Å². The lowest BCUT2D eigenvalue weighted by molar-refractivity contribution is -0.382. The number of benzene rings is 3. The first-order valence-electron chi connectivity index (χ1n) is 12.1. The molecule has 0 N–H and O–H groups in total. The number of carbonyl (C=O) groups is 1. The van der Waals surface area contributed by atoms with Crippen LogP contribution in [0.2, 0.25) is 0 Å². The van der Waals surface area contributed by atoms with Crippen molar-refractivity contribution in [3.8, 4) is 0 Å². The number of thiophene rings is 1. The minimum absolute atomic E-state index is 0.101. The highest BCUT2D eigenvalue weighted by atomic mass is 32.2. The van der Waals surface area contributed by atoms with Gasteiger partial charge in [-0.3, -0.25) is 4.79 Å². The zero-order valence-corrected chi connectivity index (χ0v) is 25.7. The van der Waals surface area contributed by atoms with Gasteiger partial charge in [-0.1, -0.05) is 71.6 Å². The second-order valence-electron chi connectivity index (χ2n) is 8.81. The Bertz CT molecular complexity index is 1650. The number of alkyl halides is 9. The molecule has 0 aliphatic heterocycles. The first kappa shape index (κ1) is 36.5. The lowest BCUT2D eigenvalue weighted by Crippen LogP contribution is -2.63. The van der Waals surface area contributed by atoms with E-state index >= 15 is 0 Å².